The van der Waals surface area contributed by atoms with E-state index in [9.17, 15) is 0 Å². The zero-order chi connectivity index (χ0) is 17.0. The molecule has 0 radical (unpaired) electrons. The second-order valence-corrected chi connectivity index (χ2v) is 3.49. The Kier molecular flexibility index (Phi) is 8.64. The van der Waals surface area contributed by atoms with Gasteiger partial charge in [0.15, 0.2) is 0 Å². The molecular weight excluding hydrogens is 284 g/mol. The number of methoxy groups -OCH3 is 1. The van der Waals surface area contributed by atoms with Gasteiger partial charge in [-0.3, -0.25) is 0 Å². The normalized spacial score (nSPS) is 11.9. The van der Waals surface area contributed by atoms with Crippen molar-refractivity contribution in [2.24, 2.45) is 0 Å². The Labute approximate surface area is 128 Å². The minimum absolute atomic E-state index is 0.0196. The minimum atomic E-state index is -0.288. The lowest BCUT2D eigenvalue weighted by Gasteiger charge is -2.09. The van der Waals surface area contributed by atoms with Gasteiger partial charge >= 0.3 is 0 Å². The van der Waals surface area contributed by atoms with Crippen LogP contribution in [-0.4, -0.2) is 25.4 Å². The van der Waals surface area contributed by atoms with Gasteiger partial charge in [0.25, 0.3) is 11.4 Å². The summed E-state index contributed by atoms with van der Waals surface area (Å²) >= 11 is 0. The van der Waals surface area contributed by atoms with Gasteiger partial charge in [-0.25, -0.2) is 20.2 Å². The highest BCUT2D eigenvalue weighted by Crippen LogP contribution is 2.20. The standard InChI is InChI=1S/C15H12N4O3/c1-11(21-4)14(15(10-17)19-3)8-13(22-6-5-20)7-12(9-16)18-2/h7-8,20H,1,5-6H2,4H3/b12-7+,13-8+,15-14-. The molecule has 0 fully saturated rings. The molecule has 0 aliphatic rings. The zero-order valence-electron chi connectivity index (χ0n) is 11.8. The summed E-state index contributed by atoms with van der Waals surface area (Å²) in [6, 6.07) is 3.36. The molecule has 0 saturated heterocycles. The first-order valence-corrected chi connectivity index (χ1v) is 5.77. The molecule has 1 N–H and O–H groups in total. The van der Waals surface area contributed by atoms with E-state index in [2.05, 4.69) is 16.3 Å². The molecule has 22 heavy (non-hydrogen) atoms. The van der Waals surface area contributed by atoms with E-state index in [-0.39, 0.29) is 41.7 Å². The fraction of sp³-hybridized carbons (Fsp3) is 0.200. The average Bonchev–Trinajstić information content (AvgIpc) is 2.55. The monoisotopic (exact) mass is 296 g/mol. The Morgan fingerprint density at radius 3 is 2.36 bits per heavy atom. The maximum Gasteiger partial charge on any atom is 0.272 e. The third-order valence-corrected chi connectivity index (χ3v) is 2.18. The number of hydrogen-bond acceptors (Lipinski definition) is 5. The van der Waals surface area contributed by atoms with Gasteiger partial charge in [0.2, 0.25) is 0 Å². The predicted molar refractivity (Wildman–Crippen MR) is 76.8 cm³/mol. The third-order valence-electron chi connectivity index (χ3n) is 2.18. The van der Waals surface area contributed by atoms with E-state index >= 15 is 0 Å². The van der Waals surface area contributed by atoms with Crippen molar-refractivity contribution in [3.8, 4) is 12.1 Å². The van der Waals surface area contributed by atoms with E-state index < -0.39 is 0 Å². The summed E-state index contributed by atoms with van der Waals surface area (Å²) in [5.74, 6) is 0.0681. The van der Waals surface area contributed by atoms with Gasteiger partial charge in [-0.2, -0.15) is 0 Å². The smallest absolute Gasteiger partial charge is 0.272 e. The van der Waals surface area contributed by atoms with Crippen molar-refractivity contribution in [2.45, 2.75) is 0 Å². The number of hydrogen-bond donors (Lipinski definition) is 1. The summed E-state index contributed by atoms with van der Waals surface area (Å²) in [6.07, 6.45) is 2.38. The van der Waals surface area contributed by atoms with Crippen molar-refractivity contribution in [1.82, 2.24) is 0 Å². The Morgan fingerprint density at radius 1 is 1.27 bits per heavy atom. The Morgan fingerprint density at radius 2 is 1.95 bits per heavy atom. The van der Waals surface area contributed by atoms with Crippen LogP contribution < -0.4 is 0 Å². The first kappa shape index (κ1) is 18.5. The van der Waals surface area contributed by atoms with E-state index in [1.165, 1.54) is 13.2 Å². The van der Waals surface area contributed by atoms with Crippen molar-refractivity contribution in [3.05, 3.63) is 70.1 Å². The summed E-state index contributed by atoms with van der Waals surface area (Å²) < 4.78 is 10.1. The summed E-state index contributed by atoms with van der Waals surface area (Å²) in [5, 5.41) is 26.5. The highest BCUT2D eigenvalue weighted by Gasteiger charge is 2.11. The van der Waals surface area contributed by atoms with Crippen LogP contribution in [0.1, 0.15) is 0 Å². The van der Waals surface area contributed by atoms with Crippen molar-refractivity contribution in [3.63, 3.8) is 0 Å². The van der Waals surface area contributed by atoms with E-state index in [1.54, 1.807) is 12.1 Å². The summed E-state index contributed by atoms with van der Waals surface area (Å²) in [5.41, 5.74) is -0.481. The Bertz CT molecular complexity index is 656. The molecule has 0 amide bonds. The number of nitrogens with zero attached hydrogens (tertiary/aromatic N) is 4. The largest absolute Gasteiger partial charge is 0.498 e. The van der Waals surface area contributed by atoms with E-state index in [4.69, 9.17) is 38.2 Å². The van der Waals surface area contributed by atoms with Crippen molar-refractivity contribution in [2.75, 3.05) is 20.3 Å². The van der Waals surface area contributed by atoms with Crippen LogP contribution in [0.4, 0.5) is 0 Å². The molecular formula is C15H12N4O3. The number of rotatable bonds is 7. The van der Waals surface area contributed by atoms with Gasteiger partial charge in [-0.05, 0) is 12.2 Å². The molecule has 0 spiro atoms. The molecule has 7 heteroatoms. The molecule has 0 aromatic rings. The van der Waals surface area contributed by atoms with Crippen LogP contribution >= 0.6 is 0 Å². The summed E-state index contributed by atoms with van der Waals surface area (Å²) in [4.78, 5) is 6.04. The molecule has 7 nitrogen and oxygen atoms in total. The van der Waals surface area contributed by atoms with Crippen molar-refractivity contribution >= 4 is 0 Å². The van der Waals surface area contributed by atoms with Crippen LogP contribution in [0.2, 0.25) is 0 Å². The molecule has 0 heterocycles. The maximum atomic E-state index is 8.96. The SMILES string of the molecule is [C-]#[N+]/C(C#N)=C(/C=C(\C=C(/C#N)[N+]#[C-])OCCO)C(=C)OC. The van der Waals surface area contributed by atoms with E-state index in [0.29, 0.717) is 0 Å². The lowest BCUT2D eigenvalue weighted by molar-refractivity contribution is 0.152. The fourth-order valence-electron chi connectivity index (χ4n) is 1.19. The topological polar surface area (TPSA) is 95.0 Å². The lowest BCUT2D eigenvalue weighted by atomic mass is 10.1. The van der Waals surface area contributed by atoms with Crippen LogP contribution in [0.5, 0.6) is 0 Å². The quantitative estimate of drug-likeness (QED) is 0.336. The van der Waals surface area contributed by atoms with Crippen LogP contribution in [0.15, 0.2) is 47.2 Å². The predicted octanol–water partition coefficient (Wildman–Crippen LogP) is 2.06. The van der Waals surface area contributed by atoms with E-state index in [1.807, 2.05) is 0 Å². The van der Waals surface area contributed by atoms with Gasteiger partial charge in [0, 0.05) is 5.57 Å². The summed E-state index contributed by atoms with van der Waals surface area (Å²) in [7, 11) is 1.32. The second-order valence-electron chi connectivity index (χ2n) is 3.49. The fourth-order valence-corrected chi connectivity index (χ4v) is 1.19. The van der Waals surface area contributed by atoms with Crippen molar-refractivity contribution in [1.29, 1.82) is 10.5 Å². The molecule has 0 aromatic carbocycles. The molecule has 0 rings (SSSR count). The number of allylic oxidation sites excluding steroid dienone is 4. The van der Waals surface area contributed by atoms with E-state index in [0.717, 1.165) is 6.08 Å². The van der Waals surface area contributed by atoms with Gasteiger partial charge in [0.1, 0.15) is 18.1 Å². The molecule has 0 atom stereocenters. The first-order valence-electron chi connectivity index (χ1n) is 5.77. The maximum absolute atomic E-state index is 8.96. The number of ether oxygens (including phenoxy) is 2. The van der Waals surface area contributed by atoms with Crippen molar-refractivity contribution < 1.29 is 14.6 Å². The summed E-state index contributed by atoms with van der Waals surface area (Å²) in [6.45, 7) is 17.0. The number of nitriles is 2. The Hall–Kier alpha value is -3.52. The third kappa shape index (κ3) is 5.63. The molecule has 0 saturated carbocycles. The minimum Gasteiger partial charge on any atom is -0.498 e. The van der Waals surface area contributed by atoms with Crippen LogP contribution in [0.3, 0.4) is 0 Å². The highest BCUT2D eigenvalue weighted by molar-refractivity contribution is 5.50. The van der Waals surface area contributed by atoms with Crippen LogP contribution in [-0.2, 0) is 9.47 Å². The molecule has 0 bridgehead atoms. The first-order chi connectivity index (χ1) is 10.6. The van der Waals surface area contributed by atoms with Crippen LogP contribution in [0, 0.1) is 35.8 Å². The average molecular weight is 296 g/mol. The second kappa shape index (κ2) is 10.3. The van der Waals surface area contributed by atoms with Gasteiger partial charge < -0.3 is 14.6 Å². The molecule has 110 valence electrons. The Balaban J connectivity index is 6.09. The number of aliphatic hydroxyl groups excluding tert-OH is 1. The van der Waals surface area contributed by atoms with Gasteiger partial charge in [-0.15, -0.1) is 0 Å². The molecule has 0 unspecified atom stereocenters. The molecule has 0 aliphatic heterocycles. The lowest BCUT2D eigenvalue weighted by Crippen LogP contribution is -2.00. The van der Waals surface area contributed by atoms with Crippen LogP contribution in [0.25, 0.3) is 9.69 Å². The van der Waals surface area contributed by atoms with Gasteiger partial charge in [0.05, 0.1) is 39.0 Å². The molecule has 0 aliphatic carbocycles. The highest BCUT2D eigenvalue weighted by atomic mass is 16.5. The zero-order valence-corrected chi connectivity index (χ0v) is 11.8. The molecule has 0 aromatic heterocycles. The van der Waals surface area contributed by atoms with Gasteiger partial charge in [-0.1, -0.05) is 6.58 Å². The number of aliphatic hydroxyl groups is 1.